The summed E-state index contributed by atoms with van der Waals surface area (Å²) in [4.78, 5) is 11.5. The van der Waals surface area contributed by atoms with Gasteiger partial charge in [0, 0.05) is 12.2 Å². The SMILES string of the molecule is CCNc1cc(C)c(CC(=O)OC)c(C(C)C)c1. The largest absolute Gasteiger partial charge is 0.469 e. The van der Waals surface area contributed by atoms with E-state index in [9.17, 15) is 4.79 Å². The molecule has 0 amide bonds. The maximum Gasteiger partial charge on any atom is 0.309 e. The van der Waals surface area contributed by atoms with Gasteiger partial charge in [-0.1, -0.05) is 13.8 Å². The maximum atomic E-state index is 11.5. The van der Waals surface area contributed by atoms with E-state index in [2.05, 4.69) is 38.2 Å². The first-order valence-corrected chi connectivity index (χ1v) is 6.43. The molecular weight excluding hydrogens is 226 g/mol. The van der Waals surface area contributed by atoms with Gasteiger partial charge in [-0.05, 0) is 48.6 Å². The molecule has 1 N–H and O–H groups in total. The van der Waals surface area contributed by atoms with Crippen LogP contribution in [0.25, 0.3) is 0 Å². The highest BCUT2D eigenvalue weighted by atomic mass is 16.5. The summed E-state index contributed by atoms with van der Waals surface area (Å²) in [6.07, 6.45) is 0.349. The van der Waals surface area contributed by atoms with E-state index < -0.39 is 0 Å². The number of methoxy groups -OCH3 is 1. The first kappa shape index (κ1) is 14.6. The van der Waals surface area contributed by atoms with Crippen LogP contribution in [0, 0.1) is 6.92 Å². The Hall–Kier alpha value is -1.51. The van der Waals surface area contributed by atoms with E-state index in [4.69, 9.17) is 4.74 Å². The van der Waals surface area contributed by atoms with E-state index in [-0.39, 0.29) is 5.97 Å². The van der Waals surface area contributed by atoms with Crippen LogP contribution in [0.1, 0.15) is 43.4 Å². The Labute approximate surface area is 110 Å². The van der Waals surface area contributed by atoms with Gasteiger partial charge in [0.05, 0.1) is 13.5 Å². The molecule has 1 aromatic rings. The molecule has 0 atom stereocenters. The summed E-state index contributed by atoms with van der Waals surface area (Å²) in [5, 5.41) is 3.32. The Morgan fingerprint density at radius 3 is 2.56 bits per heavy atom. The summed E-state index contributed by atoms with van der Waals surface area (Å²) in [5.74, 6) is 0.207. The lowest BCUT2D eigenvalue weighted by Crippen LogP contribution is -2.10. The summed E-state index contributed by atoms with van der Waals surface area (Å²) in [6, 6.07) is 4.23. The molecule has 0 spiro atoms. The first-order valence-electron chi connectivity index (χ1n) is 6.43. The number of aryl methyl sites for hydroxylation is 1. The predicted molar refractivity (Wildman–Crippen MR) is 75.2 cm³/mol. The van der Waals surface area contributed by atoms with Crippen molar-refractivity contribution in [2.45, 2.75) is 40.0 Å². The van der Waals surface area contributed by atoms with Gasteiger partial charge in [-0.2, -0.15) is 0 Å². The van der Waals surface area contributed by atoms with E-state index in [1.54, 1.807) is 0 Å². The van der Waals surface area contributed by atoms with E-state index >= 15 is 0 Å². The summed E-state index contributed by atoms with van der Waals surface area (Å²) in [5.41, 5.74) is 4.57. The average Bonchev–Trinajstić information content (AvgIpc) is 2.32. The molecule has 18 heavy (non-hydrogen) atoms. The zero-order chi connectivity index (χ0) is 13.7. The van der Waals surface area contributed by atoms with Crippen LogP contribution in [0.2, 0.25) is 0 Å². The van der Waals surface area contributed by atoms with Crippen LogP contribution in [0.15, 0.2) is 12.1 Å². The molecule has 0 aliphatic carbocycles. The first-order chi connectivity index (χ1) is 8.49. The van der Waals surface area contributed by atoms with Crippen molar-refractivity contribution in [1.82, 2.24) is 0 Å². The van der Waals surface area contributed by atoms with Gasteiger partial charge in [-0.3, -0.25) is 4.79 Å². The number of hydrogen-bond donors (Lipinski definition) is 1. The lowest BCUT2D eigenvalue weighted by Gasteiger charge is -2.17. The summed E-state index contributed by atoms with van der Waals surface area (Å²) >= 11 is 0. The van der Waals surface area contributed by atoms with Crippen LogP contribution in [0.4, 0.5) is 5.69 Å². The third-order valence-corrected chi connectivity index (χ3v) is 3.06. The molecule has 0 fully saturated rings. The van der Waals surface area contributed by atoms with E-state index in [1.807, 2.05) is 6.92 Å². The van der Waals surface area contributed by atoms with Crippen molar-refractivity contribution in [3.05, 3.63) is 28.8 Å². The van der Waals surface area contributed by atoms with Crippen molar-refractivity contribution in [1.29, 1.82) is 0 Å². The highest BCUT2D eigenvalue weighted by Crippen LogP contribution is 2.27. The second-order valence-corrected chi connectivity index (χ2v) is 4.80. The monoisotopic (exact) mass is 249 g/mol. The number of benzene rings is 1. The Bertz CT molecular complexity index is 425. The molecule has 0 radical (unpaired) electrons. The number of carbonyl (C=O) groups is 1. The average molecular weight is 249 g/mol. The lowest BCUT2D eigenvalue weighted by molar-refractivity contribution is -0.139. The van der Waals surface area contributed by atoms with Crippen molar-refractivity contribution < 1.29 is 9.53 Å². The Kier molecular flexibility index (Phi) is 5.20. The van der Waals surface area contributed by atoms with Crippen molar-refractivity contribution in [3.8, 4) is 0 Å². The molecule has 0 heterocycles. The number of ether oxygens (including phenoxy) is 1. The van der Waals surface area contributed by atoms with Crippen LogP contribution in [0.5, 0.6) is 0 Å². The molecule has 0 unspecified atom stereocenters. The van der Waals surface area contributed by atoms with Gasteiger partial charge in [0.2, 0.25) is 0 Å². The van der Waals surface area contributed by atoms with Crippen LogP contribution in [-0.2, 0) is 16.0 Å². The van der Waals surface area contributed by atoms with Crippen LogP contribution < -0.4 is 5.32 Å². The molecule has 0 saturated carbocycles. The topological polar surface area (TPSA) is 38.3 Å². The van der Waals surface area contributed by atoms with Crippen LogP contribution >= 0.6 is 0 Å². The second-order valence-electron chi connectivity index (χ2n) is 4.80. The highest BCUT2D eigenvalue weighted by molar-refractivity contribution is 5.74. The minimum atomic E-state index is -0.184. The van der Waals surface area contributed by atoms with E-state index in [1.165, 1.54) is 12.7 Å². The standard InChI is InChI=1S/C15H23NO2/c1-6-16-12-7-11(4)14(9-15(17)18-5)13(8-12)10(2)3/h7-8,10,16H,6,9H2,1-5H3. The van der Waals surface area contributed by atoms with E-state index in [0.29, 0.717) is 12.3 Å². The molecule has 0 aromatic heterocycles. The minimum absolute atomic E-state index is 0.184. The summed E-state index contributed by atoms with van der Waals surface area (Å²) in [7, 11) is 1.43. The van der Waals surface area contributed by atoms with Crippen molar-refractivity contribution >= 4 is 11.7 Å². The van der Waals surface area contributed by atoms with Crippen molar-refractivity contribution in [2.24, 2.45) is 0 Å². The quantitative estimate of drug-likeness (QED) is 0.814. The second kappa shape index (κ2) is 6.43. The van der Waals surface area contributed by atoms with Gasteiger partial charge >= 0.3 is 5.97 Å². The van der Waals surface area contributed by atoms with Crippen LogP contribution in [0.3, 0.4) is 0 Å². The minimum Gasteiger partial charge on any atom is -0.469 e. The molecule has 0 aliphatic heterocycles. The van der Waals surface area contributed by atoms with Gasteiger partial charge in [-0.25, -0.2) is 0 Å². The molecule has 100 valence electrons. The van der Waals surface area contributed by atoms with Crippen molar-refractivity contribution in [2.75, 3.05) is 19.0 Å². The predicted octanol–water partition coefficient (Wildman–Crippen LogP) is 3.27. The number of esters is 1. The highest BCUT2D eigenvalue weighted by Gasteiger charge is 2.14. The number of rotatable bonds is 5. The molecule has 0 bridgehead atoms. The molecule has 3 heteroatoms. The third kappa shape index (κ3) is 3.49. The Balaban J connectivity index is 3.18. The van der Waals surface area contributed by atoms with Gasteiger partial charge in [0.15, 0.2) is 0 Å². The molecule has 0 aliphatic rings. The number of nitrogens with one attached hydrogen (secondary N) is 1. The molecule has 1 aromatic carbocycles. The van der Waals surface area contributed by atoms with Crippen LogP contribution in [-0.4, -0.2) is 19.6 Å². The number of carbonyl (C=O) groups excluding carboxylic acids is 1. The Morgan fingerprint density at radius 1 is 1.39 bits per heavy atom. The lowest BCUT2D eigenvalue weighted by atomic mass is 9.91. The fourth-order valence-corrected chi connectivity index (χ4v) is 2.12. The fourth-order valence-electron chi connectivity index (χ4n) is 2.12. The summed E-state index contributed by atoms with van der Waals surface area (Å²) in [6.45, 7) is 9.31. The zero-order valence-corrected chi connectivity index (χ0v) is 12.0. The van der Waals surface area contributed by atoms with E-state index in [0.717, 1.165) is 23.4 Å². The summed E-state index contributed by atoms with van der Waals surface area (Å²) < 4.78 is 4.77. The zero-order valence-electron chi connectivity index (χ0n) is 12.0. The molecule has 3 nitrogen and oxygen atoms in total. The normalized spacial score (nSPS) is 10.6. The maximum absolute atomic E-state index is 11.5. The molecular formula is C15H23NO2. The smallest absolute Gasteiger partial charge is 0.309 e. The van der Waals surface area contributed by atoms with Crippen molar-refractivity contribution in [3.63, 3.8) is 0 Å². The fraction of sp³-hybridized carbons (Fsp3) is 0.533. The Morgan fingerprint density at radius 2 is 2.06 bits per heavy atom. The third-order valence-electron chi connectivity index (χ3n) is 3.06. The number of hydrogen-bond acceptors (Lipinski definition) is 3. The van der Waals surface area contributed by atoms with Gasteiger partial charge in [0.1, 0.15) is 0 Å². The van der Waals surface area contributed by atoms with Gasteiger partial charge in [0.25, 0.3) is 0 Å². The molecule has 0 saturated heterocycles. The van der Waals surface area contributed by atoms with Gasteiger partial charge < -0.3 is 10.1 Å². The number of anilines is 1. The molecule has 1 rings (SSSR count). The van der Waals surface area contributed by atoms with Gasteiger partial charge in [-0.15, -0.1) is 0 Å².